The van der Waals surface area contributed by atoms with Crippen LogP contribution in [0.2, 0.25) is 0 Å². The van der Waals surface area contributed by atoms with E-state index < -0.39 is 0 Å². The van der Waals surface area contributed by atoms with Crippen molar-refractivity contribution in [1.29, 1.82) is 0 Å². The minimum Gasteiger partial charge on any atom is -0.398 e. The largest absolute Gasteiger partial charge is 0.398 e. The third-order valence-corrected chi connectivity index (χ3v) is 3.15. The summed E-state index contributed by atoms with van der Waals surface area (Å²) in [6.45, 7) is 4.23. The molecule has 0 heterocycles. The summed E-state index contributed by atoms with van der Waals surface area (Å²) in [5, 5.41) is 3.40. The molecule has 0 atom stereocenters. The van der Waals surface area contributed by atoms with Crippen molar-refractivity contribution in [3.63, 3.8) is 0 Å². The average molecular weight is 240 g/mol. The van der Waals surface area contributed by atoms with E-state index in [1.165, 1.54) is 12.0 Å². The standard InChI is InChI=1S/C16H20N2/c1-3-5-13-8-10-14(11-9-13)18-16-7-4-6-15(17)12(16)2/h4,6-11,18H,3,5,17H2,1-2H3. The molecule has 0 aromatic heterocycles. The molecule has 0 aliphatic carbocycles. The van der Waals surface area contributed by atoms with Crippen molar-refractivity contribution in [2.75, 3.05) is 11.1 Å². The van der Waals surface area contributed by atoms with Gasteiger partial charge in [0.25, 0.3) is 0 Å². The minimum absolute atomic E-state index is 0.822. The number of hydrogen-bond acceptors (Lipinski definition) is 2. The molecule has 18 heavy (non-hydrogen) atoms. The fraction of sp³-hybridized carbons (Fsp3) is 0.250. The maximum atomic E-state index is 5.90. The molecule has 0 unspecified atom stereocenters. The van der Waals surface area contributed by atoms with Crippen molar-refractivity contribution in [3.05, 3.63) is 53.6 Å². The van der Waals surface area contributed by atoms with Gasteiger partial charge in [-0.3, -0.25) is 0 Å². The summed E-state index contributed by atoms with van der Waals surface area (Å²) in [5.74, 6) is 0. The van der Waals surface area contributed by atoms with E-state index in [4.69, 9.17) is 5.73 Å². The number of aryl methyl sites for hydroxylation is 1. The highest BCUT2D eigenvalue weighted by atomic mass is 14.9. The minimum atomic E-state index is 0.822. The Labute approximate surface area is 109 Å². The van der Waals surface area contributed by atoms with Gasteiger partial charge in [0.2, 0.25) is 0 Å². The van der Waals surface area contributed by atoms with Crippen LogP contribution in [0, 0.1) is 6.92 Å². The highest BCUT2D eigenvalue weighted by Crippen LogP contribution is 2.24. The second kappa shape index (κ2) is 5.58. The van der Waals surface area contributed by atoms with E-state index in [0.717, 1.165) is 29.0 Å². The zero-order valence-corrected chi connectivity index (χ0v) is 11.0. The second-order valence-electron chi connectivity index (χ2n) is 4.59. The van der Waals surface area contributed by atoms with Gasteiger partial charge in [0.15, 0.2) is 0 Å². The van der Waals surface area contributed by atoms with Gasteiger partial charge >= 0.3 is 0 Å². The van der Waals surface area contributed by atoms with Gasteiger partial charge in [0.05, 0.1) is 0 Å². The molecule has 94 valence electrons. The second-order valence-corrected chi connectivity index (χ2v) is 4.59. The normalized spacial score (nSPS) is 10.3. The third-order valence-electron chi connectivity index (χ3n) is 3.15. The lowest BCUT2D eigenvalue weighted by molar-refractivity contribution is 0.922. The molecule has 0 saturated heterocycles. The molecule has 3 N–H and O–H groups in total. The van der Waals surface area contributed by atoms with Crippen LogP contribution in [-0.2, 0) is 6.42 Å². The van der Waals surface area contributed by atoms with Crippen LogP contribution < -0.4 is 11.1 Å². The van der Waals surface area contributed by atoms with E-state index in [9.17, 15) is 0 Å². The molecule has 0 fully saturated rings. The van der Waals surface area contributed by atoms with Crippen molar-refractivity contribution in [1.82, 2.24) is 0 Å². The average Bonchev–Trinajstić information content (AvgIpc) is 2.38. The number of hydrogen-bond donors (Lipinski definition) is 2. The summed E-state index contributed by atoms with van der Waals surface area (Å²) in [4.78, 5) is 0. The van der Waals surface area contributed by atoms with Gasteiger partial charge < -0.3 is 11.1 Å². The van der Waals surface area contributed by atoms with Crippen LogP contribution in [0.15, 0.2) is 42.5 Å². The summed E-state index contributed by atoms with van der Waals surface area (Å²) < 4.78 is 0. The van der Waals surface area contributed by atoms with Gasteiger partial charge in [-0.1, -0.05) is 31.5 Å². The van der Waals surface area contributed by atoms with Crippen molar-refractivity contribution in [2.45, 2.75) is 26.7 Å². The molecule has 2 aromatic carbocycles. The number of benzene rings is 2. The molecule has 2 heteroatoms. The molecule has 2 rings (SSSR count). The Morgan fingerprint density at radius 1 is 1.06 bits per heavy atom. The summed E-state index contributed by atoms with van der Waals surface area (Å²) in [7, 11) is 0. The Morgan fingerprint density at radius 2 is 1.78 bits per heavy atom. The van der Waals surface area contributed by atoms with Crippen LogP contribution in [0.4, 0.5) is 17.1 Å². The van der Waals surface area contributed by atoms with Crippen LogP contribution in [0.1, 0.15) is 24.5 Å². The smallest absolute Gasteiger partial charge is 0.0434 e. The molecule has 0 aliphatic heterocycles. The topological polar surface area (TPSA) is 38.0 Å². The van der Waals surface area contributed by atoms with Crippen molar-refractivity contribution in [2.24, 2.45) is 0 Å². The first-order valence-electron chi connectivity index (χ1n) is 6.41. The van der Waals surface area contributed by atoms with Crippen LogP contribution in [0.5, 0.6) is 0 Å². The molecule has 0 aliphatic rings. The molecule has 0 spiro atoms. The molecular formula is C16H20N2. The number of nitrogens with one attached hydrogen (secondary N) is 1. The predicted molar refractivity (Wildman–Crippen MR) is 79.3 cm³/mol. The maximum Gasteiger partial charge on any atom is 0.0434 e. The van der Waals surface area contributed by atoms with E-state index in [0.29, 0.717) is 0 Å². The number of anilines is 3. The van der Waals surface area contributed by atoms with Gasteiger partial charge in [-0.05, 0) is 48.7 Å². The van der Waals surface area contributed by atoms with Gasteiger partial charge in [-0.25, -0.2) is 0 Å². The number of nitrogens with two attached hydrogens (primary N) is 1. The van der Waals surface area contributed by atoms with E-state index in [-0.39, 0.29) is 0 Å². The summed E-state index contributed by atoms with van der Waals surface area (Å²) in [5.41, 5.74) is 11.4. The molecular weight excluding hydrogens is 220 g/mol. The first-order chi connectivity index (χ1) is 8.70. The molecule has 0 bridgehead atoms. The first-order valence-corrected chi connectivity index (χ1v) is 6.41. The highest BCUT2D eigenvalue weighted by molar-refractivity contribution is 5.69. The van der Waals surface area contributed by atoms with E-state index in [2.05, 4.69) is 36.5 Å². The fourth-order valence-electron chi connectivity index (χ4n) is 1.99. The van der Waals surface area contributed by atoms with Crippen LogP contribution >= 0.6 is 0 Å². The molecule has 0 saturated carbocycles. The summed E-state index contributed by atoms with van der Waals surface area (Å²) in [6, 6.07) is 14.5. The molecule has 2 aromatic rings. The molecule has 2 nitrogen and oxygen atoms in total. The van der Waals surface area contributed by atoms with Gasteiger partial charge in [-0.15, -0.1) is 0 Å². The lowest BCUT2D eigenvalue weighted by Crippen LogP contribution is -1.97. The van der Waals surface area contributed by atoms with Crippen molar-refractivity contribution < 1.29 is 0 Å². The molecule has 0 amide bonds. The summed E-state index contributed by atoms with van der Waals surface area (Å²) >= 11 is 0. The maximum absolute atomic E-state index is 5.90. The highest BCUT2D eigenvalue weighted by Gasteiger charge is 2.01. The van der Waals surface area contributed by atoms with Crippen molar-refractivity contribution in [3.8, 4) is 0 Å². The van der Waals surface area contributed by atoms with Crippen LogP contribution in [0.25, 0.3) is 0 Å². The molecule has 0 radical (unpaired) electrons. The van der Waals surface area contributed by atoms with Crippen molar-refractivity contribution >= 4 is 17.1 Å². The van der Waals surface area contributed by atoms with Crippen LogP contribution in [-0.4, -0.2) is 0 Å². The third kappa shape index (κ3) is 2.83. The Morgan fingerprint density at radius 3 is 2.44 bits per heavy atom. The first kappa shape index (κ1) is 12.5. The zero-order chi connectivity index (χ0) is 13.0. The van der Waals surface area contributed by atoms with E-state index in [1.54, 1.807) is 0 Å². The number of rotatable bonds is 4. The Hall–Kier alpha value is -1.96. The van der Waals surface area contributed by atoms with Gasteiger partial charge in [-0.2, -0.15) is 0 Å². The quantitative estimate of drug-likeness (QED) is 0.783. The van der Waals surface area contributed by atoms with Gasteiger partial charge in [0.1, 0.15) is 0 Å². The Bertz CT molecular complexity index is 515. The Kier molecular flexibility index (Phi) is 3.88. The zero-order valence-electron chi connectivity index (χ0n) is 11.0. The lowest BCUT2D eigenvalue weighted by atomic mass is 10.1. The lowest BCUT2D eigenvalue weighted by Gasteiger charge is -2.11. The van der Waals surface area contributed by atoms with E-state index in [1.807, 2.05) is 25.1 Å². The monoisotopic (exact) mass is 240 g/mol. The SMILES string of the molecule is CCCc1ccc(Nc2cccc(N)c2C)cc1. The van der Waals surface area contributed by atoms with Crippen LogP contribution in [0.3, 0.4) is 0 Å². The fourth-order valence-corrected chi connectivity index (χ4v) is 1.99. The van der Waals surface area contributed by atoms with Gasteiger partial charge in [0, 0.05) is 17.1 Å². The predicted octanol–water partition coefficient (Wildman–Crippen LogP) is 4.27. The van der Waals surface area contributed by atoms with E-state index >= 15 is 0 Å². The Balaban J connectivity index is 2.16. The number of nitrogen functional groups attached to an aromatic ring is 1. The summed E-state index contributed by atoms with van der Waals surface area (Å²) in [6.07, 6.45) is 2.32.